The number of piperidine rings is 1. The molecule has 1 saturated carbocycles. The zero-order chi connectivity index (χ0) is 42.9. The van der Waals surface area contributed by atoms with Crippen LogP contribution in [0.2, 0.25) is 0 Å². The van der Waals surface area contributed by atoms with Gasteiger partial charge >= 0.3 is 6.15 Å². The van der Waals surface area contributed by atoms with Crippen molar-refractivity contribution in [3.63, 3.8) is 0 Å². The first-order chi connectivity index (χ1) is 27.6. The molecule has 3 fully saturated rings. The summed E-state index contributed by atoms with van der Waals surface area (Å²) >= 11 is 0. The lowest BCUT2D eigenvalue weighted by molar-refractivity contribution is -0.191. The Morgan fingerprint density at radius 3 is 1.98 bits per heavy atom. The molecule has 0 spiro atoms. The maximum atomic E-state index is 14.4. The highest BCUT2D eigenvalue weighted by molar-refractivity contribution is 5.97. The molecular formula is C43H66N6O9. The molecule has 1 aliphatic carbocycles. The summed E-state index contributed by atoms with van der Waals surface area (Å²) in [6, 6.07) is 5.08. The Morgan fingerprint density at radius 2 is 1.38 bits per heavy atom. The second-order valence-corrected chi connectivity index (χ2v) is 16.6. The summed E-state index contributed by atoms with van der Waals surface area (Å²) in [6.07, 6.45) is 7.91. The van der Waals surface area contributed by atoms with Crippen LogP contribution in [0.4, 0.5) is 0 Å². The lowest BCUT2D eigenvalue weighted by Gasteiger charge is -2.41. The van der Waals surface area contributed by atoms with Crippen LogP contribution in [0.3, 0.4) is 0 Å². The minimum absolute atomic E-state index is 0.00140. The van der Waals surface area contributed by atoms with Crippen molar-refractivity contribution >= 4 is 41.6 Å². The van der Waals surface area contributed by atoms with Gasteiger partial charge in [-0.25, -0.2) is 0 Å². The summed E-state index contributed by atoms with van der Waals surface area (Å²) in [5.41, 5.74) is 1.06. The van der Waals surface area contributed by atoms with Gasteiger partial charge in [0.2, 0.25) is 35.4 Å². The molecule has 15 nitrogen and oxygen atoms in total. The molecule has 8 atom stereocenters. The molecule has 0 radical (unpaired) electrons. The van der Waals surface area contributed by atoms with Gasteiger partial charge in [-0.1, -0.05) is 90.1 Å². The third-order valence-corrected chi connectivity index (χ3v) is 11.8. The van der Waals surface area contributed by atoms with E-state index in [1.165, 1.54) is 31.1 Å². The number of nitrogens with one attached hydrogen (secondary N) is 4. The van der Waals surface area contributed by atoms with E-state index < -0.39 is 59.9 Å². The third-order valence-electron chi connectivity index (χ3n) is 11.8. The lowest BCUT2D eigenvalue weighted by Crippen LogP contribution is -2.61. The monoisotopic (exact) mass is 810 g/mol. The van der Waals surface area contributed by atoms with Crippen molar-refractivity contribution in [2.24, 2.45) is 17.8 Å². The van der Waals surface area contributed by atoms with Crippen molar-refractivity contribution in [2.75, 3.05) is 19.6 Å². The SMILES string of the molecule is CCCNC(=O)[C@@H](NC(=O)[C@@H]1CCCN1C(=O)[C@H](C)NC(=O)[C@@H]1CC(c2ccccc2)CCN1C(=O)[C@@H](NC(=O)C[C@H](C)C1CCCCC1)C(C)C)[C@@H](C)O.O=C=O. The summed E-state index contributed by atoms with van der Waals surface area (Å²) in [5, 5.41) is 21.5. The Morgan fingerprint density at radius 1 is 0.759 bits per heavy atom. The summed E-state index contributed by atoms with van der Waals surface area (Å²) in [6.45, 7) is 11.8. The van der Waals surface area contributed by atoms with Crippen molar-refractivity contribution in [1.29, 1.82) is 0 Å². The van der Waals surface area contributed by atoms with Crippen LogP contribution in [0.15, 0.2) is 30.3 Å². The Balaban J connectivity index is 0.00000291. The van der Waals surface area contributed by atoms with Gasteiger partial charge in [-0.05, 0) is 75.2 Å². The molecule has 5 N–H and O–H groups in total. The zero-order valence-electron chi connectivity index (χ0n) is 35.2. The predicted octanol–water partition coefficient (Wildman–Crippen LogP) is 2.81. The Hall–Kier alpha value is -4.62. The number of nitrogens with zero attached hydrogens (tertiary/aromatic N) is 2. The van der Waals surface area contributed by atoms with Gasteiger partial charge < -0.3 is 36.2 Å². The quantitative estimate of drug-likeness (QED) is 0.166. The number of carbonyl (C=O) groups is 6. The molecule has 2 saturated heterocycles. The minimum Gasteiger partial charge on any atom is -0.391 e. The smallest absolute Gasteiger partial charge is 0.373 e. The normalized spacial score (nSPS) is 22.2. The van der Waals surface area contributed by atoms with Gasteiger partial charge in [0.15, 0.2) is 0 Å². The summed E-state index contributed by atoms with van der Waals surface area (Å²) in [7, 11) is 0. The Bertz CT molecular complexity index is 1560. The molecule has 322 valence electrons. The van der Waals surface area contributed by atoms with E-state index in [9.17, 15) is 33.9 Å². The highest BCUT2D eigenvalue weighted by Crippen LogP contribution is 2.34. The van der Waals surface area contributed by atoms with E-state index in [-0.39, 0.29) is 42.3 Å². The first-order valence-electron chi connectivity index (χ1n) is 21.2. The van der Waals surface area contributed by atoms with Gasteiger partial charge in [0.05, 0.1) is 6.10 Å². The minimum atomic E-state index is -1.18. The third kappa shape index (κ3) is 13.5. The number of benzene rings is 1. The summed E-state index contributed by atoms with van der Waals surface area (Å²) < 4.78 is 0. The first-order valence-corrected chi connectivity index (χ1v) is 21.2. The Kier molecular flexibility index (Phi) is 19.5. The van der Waals surface area contributed by atoms with Gasteiger partial charge in [-0.3, -0.25) is 28.8 Å². The van der Waals surface area contributed by atoms with Crippen LogP contribution < -0.4 is 21.3 Å². The second kappa shape index (κ2) is 23.7. The molecule has 0 bridgehead atoms. The largest absolute Gasteiger partial charge is 0.391 e. The molecular weight excluding hydrogens is 745 g/mol. The highest BCUT2D eigenvalue weighted by atomic mass is 16.3. The first kappa shape index (κ1) is 47.8. The van der Waals surface area contributed by atoms with E-state index in [0.29, 0.717) is 57.5 Å². The molecule has 2 aliphatic heterocycles. The molecule has 0 aromatic heterocycles. The number of rotatable bonds is 16. The molecule has 15 heteroatoms. The molecule has 3 aliphatic rings. The van der Waals surface area contributed by atoms with Crippen molar-refractivity contribution < 1.29 is 43.5 Å². The Labute approximate surface area is 343 Å². The molecule has 58 heavy (non-hydrogen) atoms. The zero-order valence-corrected chi connectivity index (χ0v) is 35.2. The van der Waals surface area contributed by atoms with E-state index in [1.54, 1.807) is 11.8 Å². The highest BCUT2D eigenvalue weighted by Gasteiger charge is 2.43. The van der Waals surface area contributed by atoms with Gasteiger partial charge in [0.1, 0.15) is 30.2 Å². The molecule has 1 aromatic rings. The number of hydrogen-bond donors (Lipinski definition) is 5. The van der Waals surface area contributed by atoms with Crippen LogP contribution in [0, 0.1) is 17.8 Å². The number of likely N-dealkylation sites (tertiary alicyclic amines) is 2. The van der Waals surface area contributed by atoms with E-state index in [0.717, 1.165) is 18.4 Å². The number of aliphatic hydroxyl groups excluding tert-OH is 1. The van der Waals surface area contributed by atoms with E-state index in [2.05, 4.69) is 28.2 Å². The fourth-order valence-corrected chi connectivity index (χ4v) is 8.53. The predicted molar refractivity (Wildman–Crippen MR) is 215 cm³/mol. The van der Waals surface area contributed by atoms with Crippen molar-refractivity contribution in [3.05, 3.63) is 35.9 Å². The molecule has 4 rings (SSSR count). The van der Waals surface area contributed by atoms with Gasteiger partial charge in [0.25, 0.3) is 0 Å². The standard InChI is InChI=1S/C42H66N6O7.CO2/c1-7-21-43-40(53)37(29(6)49)46-38(51)33-19-14-22-47(33)41(54)28(5)44-39(52)34-25-32(31-17-12-9-13-18-31)20-23-48(34)42(55)36(26(2)3)45-35(50)24-27(4)30-15-10-8-11-16-30;2-1-3/h9,12-13,17-18,26-30,32-34,36-37,49H,7-8,10-11,14-16,19-25H2,1-6H3,(H,43,53)(H,44,52)(H,45,50)(H,46,51);/t27-,28-,29+,32?,33-,34-,36-,37-;/m0./s1. The van der Waals surface area contributed by atoms with E-state index >= 15 is 0 Å². The van der Waals surface area contributed by atoms with Crippen LogP contribution in [-0.2, 0) is 38.4 Å². The number of aliphatic hydroxyl groups is 1. The van der Waals surface area contributed by atoms with Crippen molar-refractivity contribution in [3.8, 4) is 0 Å². The number of hydrogen-bond acceptors (Lipinski definition) is 9. The fraction of sp³-hybridized carbons (Fsp3) is 0.698. The van der Waals surface area contributed by atoms with Crippen LogP contribution >= 0.6 is 0 Å². The maximum absolute atomic E-state index is 14.4. The van der Waals surface area contributed by atoms with Gasteiger partial charge in [-0.2, -0.15) is 9.59 Å². The van der Waals surface area contributed by atoms with Crippen LogP contribution in [0.25, 0.3) is 0 Å². The number of carbonyl (C=O) groups excluding carboxylic acids is 8. The van der Waals surface area contributed by atoms with Gasteiger partial charge in [0, 0.05) is 26.1 Å². The molecule has 2 heterocycles. The van der Waals surface area contributed by atoms with Crippen molar-refractivity contribution in [1.82, 2.24) is 31.1 Å². The second-order valence-electron chi connectivity index (χ2n) is 16.6. The number of amides is 6. The summed E-state index contributed by atoms with van der Waals surface area (Å²) in [5.74, 6) is -1.96. The summed E-state index contributed by atoms with van der Waals surface area (Å²) in [4.78, 5) is 101. The molecule has 1 unspecified atom stereocenters. The van der Waals surface area contributed by atoms with E-state index in [4.69, 9.17) is 9.59 Å². The van der Waals surface area contributed by atoms with Crippen molar-refractivity contribution in [2.45, 2.75) is 154 Å². The van der Waals surface area contributed by atoms with Crippen LogP contribution in [0.1, 0.15) is 124 Å². The molecule has 6 amide bonds. The average Bonchev–Trinajstić information content (AvgIpc) is 3.71. The topological polar surface area (TPSA) is 211 Å². The van der Waals surface area contributed by atoms with Crippen LogP contribution in [-0.4, -0.2) is 112 Å². The van der Waals surface area contributed by atoms with E-state index in [1.807, 2.05) is 51.1 Å². The lowest BCUT2D eigenvalue weighted by atomic mass is 9.79. The van der Waals surface area contributed by atoms with Crippen LogP contribution in [0.5, 0.6) is 0 Å². The maximum Gasteiger partial charge on any atom is 0.373 e. The average molecular weight is 811 g/mol. The fourth-order valence-electron chi connectivity index (χ4n) is 8.53. The van der Waals surface area contributed by atoms with Gasteiger partial charge in [-0.15, -0.1) is 0 Å². The molecule has 1 aromatic carbocycles.